The van der Waals surface area contributed by atoms with Crippen LogP contribution in [-0.4, -0.2) is 95.1 Å². The van der Waals surface area contributed by atoms with Crippen molar-refractivity contribution >= 4 is 22.7 Å². The maximum atomic E-state index is 14.6. The lowest BCUT2D eigenvalue weighted by Crippen LogP contribution is -2.53. The molecule has 0 spiro atoms. The van der Waals surface area contributed by atoms with Crippen LogP contribution in [0.2, 0.25) is 0 Å². The van der Waals surface area contributed by atoms with Gasteiger partial charge in [-0.25, -0.2) is 14.4 Å². The van der Waals surface area contributed by atoms with E-state index in [0.29, 0.717) is 49.2 Å². The molecular weight excluding hydrogens is 734 g/mol. The van der Waals surface area contributed by atoms with Crippen molar-refractivity contribution in [3.63, 3.8) is 0 Å². The van der Waals surface area contributed by atoms with E-state index in [1.165, 1.54) is 17.2 Å². The van der Waals surface area contributed by atoms with E-state index in [2.05, 4.69) is 73.8 Å². The van der Waals surface area contributed by atoms with Crippen LogP contribution in [0.4, 0.5) is 4.39 Å². The number of benzene rings is 3. The van der Waals surface area contributed by atoms with E-state index in [9.17, 15) is 14.0 Å². The maximum absolute atomic E-state index is 14.6. The molecule has 2 amide bonds. The monoisotopic (exact) mass is 785 g/mol. The highest BCUT2D eigenvalue weighted by molar-refractivity contribution is 5.97. The third kappa shape index (κ3) is 9.87. The fourth-order valence-electron chi connectivity index (χ4n) is 8.59. The molecule has 58 heavy (non-hydrogen) atoms. The van der Waals surface area contributed by atoms with Crippen LogP contribution in [0.1, 0.15) is 71.5 Å². The average molecular weight is 786 g/mol. The molecule has 4 heterocycles. The number of morpholine rings is 1. The van der Waals surface area contributed by atoms with Gasteiger partial charge in [0.1, 0.15) is 22.8 Å². The Morgan fingerprint density at radius 3 is 2.34 bits per heavy atom. The highest BCUT2D eigenvalue weighted by Gasteiger charge is 2.27. The Morgan fingerprint density at radius 2 is 1.57 bits per heavy atom. The van der Waals surface area contributed by atoms with Crippen LogP contribution >= 0.6 is 0 Å². The molecule has 0 radical (unpaired) electrons. The maximum Gasteiger partial charge on any atom is 0.270 e. The second kappa shape index (κ2) is 18.1. The molecule has 3 N–H and O–H groups in total. The van der Waals surface area contributed by atoms with Gasteiger partial charge in [-0.1, -0.05) is 54.6 Å². The van der Waals surface area contributed by atoms with Crippen molar-refractivity contribution in [2.75, 3.05) is 39.4 Å². The first-order chi connectivity index (χ1) is 28.2. The standard InChI is InChI=1S/C46H52FN7O4/c1-30-26-54(27-31(2)49-30)28-32-10-16-40(35(22-32)29-53-18-20-57-21-19-53)34-7-5-8-39(23-34)58-46-41(24-36(47)25-48-46)44(55)50-37-12-14-38(15-13-37)51-45(56)43-17-11-33-6-3-4-9-42(33)52-43/h3-11,16-17,22-25,30-31,37-38,49H,12-15,18-21,26-29H2,1-2H3,(H,50,55)(H,51,56)/t30-,31+,37-,38-. The van der Waals surface area contributed by atoms with E-state index < -0.39 is 11.7 Å². The van der Waals surface area contributed by atoms with Crippen molar-refractivity contribution in [1.82, 2.24) is 35.7 Å². The van der Waals surface area contributed by atoms with Crippen LogP contribution < -0.4 is 20.7 Å². The minimum atomic E-state index is -0.627. The fourth-order valence-corrected chi connectivity index (χ4v) is 8.59. The molecule has 2 aromatic heterocycles. The van der Waals surface area contributed by atoms with E-state index in [0.717, 1.165) is 80.7 Å². The topological polar surface area (TPSA) is 121 Å². The summed E-state index contributed by atoms with van der Waals surface area (Å²) in [6.07, 6.45) is 3.74. The molecule has 1 saturated carbocycles. The normalized spacial score (nSPS) is 21.7. The van der Waals surface area contributed by atoms with Crippen LogP contribution in [0.5, 0.6) is 11.6 Å². The summed E-state index contributed by atoms with van der Waals surface area (Å²) in [5, 5.41) is 10.8. The Kier molecular flexibility index (Phi) is 12.4. The number of hydrogen-bond acceptors (Lipinski definition) is 9. The zero-order valence-electron chi connectivity index (χ0n) is 33.3. The number of nitrogens with zero attached hydrogens (tertiary/aromatic N) is 4. The van der Waals surface area contributed by atoms with Gasteiger partial charge in [0.2, 0.25) is 5.88 Å². The van der Waals surface area contributed by atoms with Gasteiger partial charge in [0.15, 0.2) is 0 Å². The predicted molar refractivity (Wildman–Crippen MR) is 222 cm³/mol. The number of carbonyl (C=O) groups excluding carboxylic acids is 2. The lowest BCUT2D eigenvalue weighted by molar-refractivity contribution is 0.0342. The van der Waals surface area contributed by atoms with E-state index in [-0.39, 0.29) is 29.4 Å². The van der Waals surface area contributed by atoms with Gasteiger partial charge >= 0.3 is 0 Å². The van der Waals surface area contributed by atoms with Gasteiger partial charge in [-0.3, -0.25) is 19.4 Å². The number of fused-ring (bicyclic) bond motifs is 1. The Morgan fingerprint density at radius 1 is 0.828 bits per heavy atom. The number of piperazine rings is 1. The van der Waals surface area contributed by atoms with Gasteiger partial charge in [-0.2, -0.15) is 0 Å². The molecule has 2 saturated heterocycles. The van der Waals surface area contributed by atoms with Crippen LogP contribution in [0.3, 0.4) is 0 Å². The van der Waals surface area contributed by atoms with Crippen LogP contribution in [0.25, 0.3) is 22.0 Å². The quantitative estimate of drug-likeness (QED) is 0.134. The first kappa shape index (κ1) is 39.6. The average Bonchev–Trinajstić information content (AvgIpc) is 3.22. The summed E-state index contributed by atoms with van der Waals surface area (Å²) in [5.41, 5.74) is 5.77. The minimum absolute atomic E-state index is 0.0251. The summed E-state index contributed by atoms with van der Waals surface area (Å²) in [5.74, 6) is -0.771. The molecular formula is C46H52FN7O4. The minimum Gasteiger partial charge on any atom is -0.438 e. The van der Waals surface area contributed by atoms with Crippen molar-refractivity contribution in [1.29, 1.82) is 0 Å². The number of aromatic nitrogens is 2. The number of nitrogens with one attached hydrogen (secondary N) is 3. The summed E-state index contributed by atoms with van der Waals surface area (Å²) < 4.78 is 26.5. The smallest absolute Gasteiger partial charge is 0.270 e. The van der Waals surface area contributed by atoms with Gasteiger partial charge in [-0.05, 0) is 92.1 Å². The number of carbonyl (C=O) groups is 2. The van der Waals surface area contributed by atoms with Crippen molar-refractivity contribution in [3.8, 4) is 22.8 Å². The Labute approximate surface area is 339 Å². The molecule has 12 heteroatoms. The first-order valence-corrected chi connectivity index (χ1v) is 20.5. The number of halogens is 1. The zero-order valence-corrected chi connectivity index (χ0v) is 33.3. The third-order valence-corrected chi connectivity index (χ3v) is 11.4. The summed E-state index contributed by atoms with van der Waals surface area (Å²) in [7, 11) is 0. The zero-order chi connectivity index (χ0) is 40.0. The number of rotatable bonds is 11. The Bertz CT molecular complexity index is 2230. The molecule has 302 valence electrons. The van der Waals surface area contributed by atoms with E-state index >= 15 is 0 Å². The number of para-hydroxylation sites is 1. The van der Waals surface area contributed by atoms with Gasteiger partial charge in [0, 0.05) is 68.8 Å². The largest absolute Gasteiger partial charge is 0.438 e. The SMILES string of the molecule is C[C@@H]1CN(Cc2ccc(-c3cccc(Oc4ncc(F)cc4C(=O)N[C@H]4CC[C@H](NC(=O)c5ccc6ccccc6n5)CC4)c3)c(CN3CCOCC3)c2)C[C@H](C)N1. The van der Waals surface area contributed by atoms with Gasteiger partial charge in [0.05, 0.1) is 24.9 Å². The van der Waals surface area contributed by atoms with Crippen LogP contribution in [-0.2, 0) is 17.8 Å². The molecule has 1 aliphatic carbocycles. The molecule has 5 aromatic rings. The van der Waals surface area contributed by atoms with Crippen molar-refractivity contribution < 1.29 is 23.5 Å². The number of ether oxygens (including phenoxy) is 2. The van der Waals surface area contributed by atoms with E-state index in [1.54, 1.807) is 6.07 Å². The molecule has 11 nitrogen and oxygen atoms in total. The third-order valence-electron chi connectivity index (χ3n) is 11.4. The van der Waals surface area contributed by atoms with Crippen molar-refractivity contribution in [2.24, 2.45) is 0 Å². The fraction of sp³-hybridized carbons (Fsp3) is 0.391. The number of pyridine rings is 2. The molecule has 2 aliphatic heterocycles. The summed E-state index contributed by atoms with van der Waals surface area (Å²) in [6, 6.07) is 27.7. The molecule has 0 unspecified atom stereocenters. The van der Waals surface area contributed by atoms with Gasteiger partial charge in [-0.15, -0.1) is 0 Å². The highest BCUT2D eigenvalue weighted by atomic mass is 19.1. The lowest BCUT2D eigenvalue weighted by atomic mass is 9.91. The van der Waals surface area contributed by atoms with E-state index in [1.807, 2.05) is 48.5 Å². The molecule has 3 aromatic carbocycles. The molecule has 3 fully saturated rings. The summed E-state index contributed by atoms with van der Waals surface area (Å²) >= 11 is 0. The first-order valence-electron chi connectivity index (χ1n) is 20.5. The summed E-state index contributed by atoms with van der Waals surface area (Å²) in [4.78, 5) is 40.4. The molecule has 2 atom stereocenters. The number of amides is 2. The predicted octanol–water partition coefficient (Wildman–Crippen LogP) is 6.71. The number of hydrogen-bond donors (Lipinski definition) is 3. The van der Waals surface area contributed by atoms with Crippen LogP contribution in [0.15, 0.2) is 91.1 Å². The Balaban J connectivity index is 0.931. The molecule has 3 aliphatic rings. The van der Waals surface area contributed by atoms with Gasteiger partial charge < -0.3 is 25.4 Å². The highest BCUT2D eigenvalue weighted by Crippen LogP contribution is 2.32. The molecule has 0 bridgehead atoms. The lowest BCUT2D eigenvalue weighted by Gasteiger charge is -2.36. The Hall–Kier alpha value is -5.27. The van der Waals surface area contributed by atoms with E-state index in [4.69, 9.17) is 9.47 Å². The van der Waals surface area contributed by atoms with Gasteiger partial charge in [0.25, 0.3) is 11.8 Å². The second-order valence-electron chi connectivity index (χ2n) is 16.1. The summed E-state index contributed by atoms with van der Waals surface area (Å²) in [6.45, 7) is 11.4. The van der Waals surface area contributed by atoms with Crippen molar-refractivity contribution in [2.45, 2.75) is 76.8 Å². The molecule has 8 rings (SSSR count). The second-order valence-corrected chi connectivity index (χ2v) is 16.1. The van der Waals surface area contributed by atoms with Crippen molar-refractivity contribution in [3.05, 3.63) is 119 Å². The van der Waals surface area contributed by atoms with Crippen LogP contribution in [0, 0.1) is 5.82 Å².